The van der Waals surface area contributed by atoms with Crippen LogP contribution in [-0.4, -0.2) is 11.1 Å². The van der Waals surface area contributed by atoms with Crippen LogP contribution in [0.5, 0.6) is 0 Å². The molecule has 0 fully saturated rings. The summed E-state index contributed by atoms with van der Waals surface area (Å²) in [7, 11) is 0. The van der Waals surface area contributed by atoms with E-state index < -0.39 is 0 Å². The zero-order chi connectivity index (χ0) is 17.1. The number of thiophene rings is 1. The third kappa shape index (κ3) is 3.68. The fraction of sp³-hybridized carbons (Fsp3) is 0.222. The van der Waals surface area contributed by atoms with E-state index in [-0.39, 0.29) is 18.4 Å². The van der Waals surface area contributed by atoms with Gasteiger partial charge in [-0.05, 0) is 43.0 Å². The molecule has 0 aliphatic heterocycles. The van der Waals surface area contributed by atoms with E-state index in [2.05, 4.69) is 10.5 Å². The summed E-state index contributed by atoms with van der Waals surface area (Å²) in [5.74, 6) is 0.611. The largest absolute Gasteiger partial charge is 0.361 e. The number of benzene rings is 1. The van der Waals surface area contributed by atoms with Gasteiger partial charge in [0.2, 0.25) is 5.91 Å². The Kier molecular flexibility index (Phi) is 5.02. The lowest BCUT2D eigenvalue weighted by molar-refractivity contribution is -0.120. The van der Waals surface area contributed by atoms with Crippen molar-refractivity contribution in [3.05, 3.63) is 74.3 Å². The Balaban J connectivity index is 1.82. The van der Waals surface area contributed by atoms with E-state index in [1.54, 1.807) is 11.3 Å². The third-order valence-corrected chi connectivity index (χ3v) is 5.04. The molecule has 3 rings (SSSR count). The van der Waals surface area contributed by atoms with Crippen LogP contribution in [0.15, 0.2) is 46.3 Å². The molecule has 0 bridgehead atoms. The van der Waals surface area contributed by atoms with Gasteiger partial charge in [-0.2, -0.15) is 0 Å². The van der Waals surface area contributed by atoms with Crippen molar-refractivity contribution in [2.24, 2.45) is 0 Å². The molecule has 4 nitrogen and oxygen atoms in total. The van der Waals surface area contributed by atoms with Crippen LogP contribution in [0.1, 0.15) is 33.5 Å². The molecule has 0 spiro atoms. The van der Waals surface area contributed by atoms with Gasteiger partial charge in [0.1, 0.15) is 5.76 Å². The molecular weight excluding hydrogens is 344 g/mol. The van der Waals surface area contributed by atoms with Crippen molar-refractivity contribution in [1.29, 1.82) is 0 Å². The van der Waals surface area contributed by atoms with Crippen LogP contribution in [0.3, 0.4) is 0 Å². The van der Waals surface area contributed by atoms with E-state index in [0.29, 0.717) is 10.8 Å². The number of halogens is 1. The molecule has 3 aromatic rings. The fourth-order valence-electron chi connectivity index (χ4n) is 2.56. The fourth-order valence-corrected chi connectivity index (χ4v) is 3.48. The Morgan fingerprint density at radius 2 is 2.04 bits per heavy atom. The van der Waals surface area contributed by atoms with Crippen molar-refractivity contribution in [3.8, 4) is 0 Å². The smallest absolute Gasteiger partial charge is 0.225 e. The molecule has 1 amide bonds. The van der Waals surface area contributed by atoms with Crippen molar-refractivity contribution in [1.82, 2.24) is 10.5 Å². The van der Waals surface area contributed by atoms with Gasteiger partial charge in [0.15, 0.2) is 0 Å². The molecule has 1 atom stereocenters. The summed E-state index contributed by atoms with van der Waals surface area (Å²) >= 11 is 7.58. The highest BCUT2D eigenvalue weighted by atomic mass is 35.5. The number of aryl methyl sites for hydroxylation is 2. The van der Waals surface area contributed by atoms with Gasteiger partial charge in [0.25, 0.3) is 0 Å². The average molecular weight is 361 g/mol. The van der Waals surface area contributed by atoms with Crippen LogP contribution in [0, 0.1) is 13.8 Å². The summed E-state index contributed by atoms with van der Waals surface area (Å²) in [5, 5.41) is 9.68. The van der Waals surface area contributed by atoms with Crippen molar-refractivity contribution in [2.75, 3.05) is 0 Å². The Bertz CT molecular complexity index is 806. The van der Waals surface area contributed by atoms with E-state index in [9.17, 15) is 4.79 Å². The van der Waals surface area contributed by atoms with Gasteiger partial charge in [-0.25, -0.2) is 0 Å². The van der Waals surface area contributed by atoms with Crippen LogP contribution in [0.25, 0.3) is 0 Å². The molecule has 124 valence electrons. The lowest BCUT2D eigenvalue weighted by Crippen LogP contribution is -2.30. The Hall–Kier alpha value is -2.11. The number of carbonyl (C=O) groups excluding carboxylic acids is 1. The van der Waals surface area contributed by atoms with E-state index in [1.165, 1.54) is 0 Å². The first-order chi connectivity index (χ1) is 11.5. The van der Waals surface area contributed by atoms with Gasteiger partial charge in [-0.1, -0.05) is 35.0 Å². The monoisotopic (exact) mass is 360 g/mol. The SMILES string of the molecule is Cc1noc(C)c1CC(=O)N[C@@H](c1ccc(Cl)cc1)c1cccs1. The van der Waals surface area contributed by atoms with E-state index in [1.807, 2.05) is 55.6 Å². The summed E-state index contributed by atoms with van der Waals surface area (Å²) in [6.45, 7) is 3.66. The zero-order valence-electron chi connectivity index (χ0n) is 13.4. The number of amides is 1. The third-order valence-electron chi connectivity index (χ3n) is 3.85. The molecule has 0 aliphatic carbocycles. The first-order valence-corrected chi connectivity index (χ1v) is 8.80. The highest BCUT2D eigenvalue weighted by Crippen LogP contribution is 2.27. The van der Waals surface area contributed by atoms with Crippen LogP contribution < -0.4 is 5.32 Å². The van der Waals surface area contributed by atoms with E-state index >= 15 is 0 Å². The topological polar surface area (TPSA) is 55.1 Å². The normalized spacial score (nSPS) is 12.1. The standard InChI is InChI=1S/C18H17ClN2O2S/c1-11-15(12(2)23-21-11)10-17(22)20-18(16-4-3-9-24-16)13-5-7-14(19)8-6-13/h3-9,18H,10H2,1-2H3,(H,20,22)/t18-/m0/s1. The second-order valence-electron chi connectivity index (χ2n) is 5.55. The lowest BCUT2D eigenvalue weighted by Gasteiger charge is -2.18. The minimum Gasteiger partial charge on any atom is -0.361 e. The molecule has 0 unspecified atom stereocenters. The van der Waals surface area contributed by atoms with Crippen molar-refractivity contribution in [2.45, 2.75) is 26.3 Å². The van der Waals surface area contributed by atoms with Gasteiger partial charge in [-0.3, -0.25) is 4.79 Å². The van der Waals surface area contributed by atoms with Gasteiger partial charge < -0.3 is 9.84 Å². The number of nitrogens with one attached hydrogen (secondary N) is 1. The summed E-state index contributed by atoms with van der Waals surface area (Å²) in [4.78, 5) is 13.6. The molecule has 0 saturated heterocycles. The maximum Gasteiger partial charge on any atom is 0.225 e. The minimum absolute atomic E-state index is 0.0715. The molecule has 0 saturated carbocycles. The second-order valence-corrected chi connectivity index (χ2v) is 6.96. The summed E-state index contributed by atoms with van der Waals surface area (Å²) in [5.41, 5.74) is 2.59. The van der Waals surface area contributed by atoms with Crippen molar-refractivity contribution >= 4 is 28.8 Å². The average Bonchev–Trinajstić information content (AvgIpc) is 3.19. The zero-order valence-corrected chi connectivity index (χ0v) is 14.9. The minimum atomic E-state index is -0.199. The number of hydrogen-bond donors (Lipinski definition) is 1. The van der Waals surface area contributed by atoms with Gasteiger partial charge in [-0.15, -0.1) is 11.3 Å². The van der Waals surface area contributed by atoms with Gasteiger partial charge >= 0.3 is 0 Å². The quantitative estimate of drug-likeness (QED) is 0.731. The number of nitrogens with zero attached hydrogens (tertiary/aromatic N) is 1. The number of rotatable bonds is 5. The lowest BCUT2D eigenvalue weighted by atomic mass is 10.0. The molecule has 2 aromatic heterocycles. The molecule has 0 aliphatic rings. The highest BCUT2D eigenvalue weighted by Gasteiger charge is 2.20. The first kappa shape index (κ1) is 16.7. The Labute approximate surface area is 149 Å². The van der Waals surface area contributed by atoms with Crippen LogP contribution >= 0.6 is 22.9 Å². The molecule has 6 heteroatoms. The summed E-state index contributed by atoms with van der Waals surface area (Å²) in [6, 6.07) is 11.3. The predicted octanol–water partition coefficient (Wildman–Crippen LogP) is 4.45. The van der Waals surface area contributed by atoms with Crippen LogP contribution in [0.4, 0.5) is 0 Å². The Morgan fingerprint density at radius 3 is 2.62 bits per heavy atom. The van der Waals surface area contributed by atoms with Gasteiger partial charge in [0.05, 0.1) is 18.2 Å². The highest BCUT2D eigenvalue weighted by molar-refractivity contribution is 7.10. The first-order valence-electron chi connectivity index (χ1n) is 7.54. The molecule has 24 heavy (non-hydrogen) atoms. The molecule has 1 N–H and O–H groups in total. The van der Waals surface area contributed by atoms with Gasteiger partial charge in [0, 0.05) is 15.5 Å². The number of carbonyl (C=O) groups is 1. The molecular formula is C18H17ClN2O2S. The molecule has 1 aromatic carbocycles. The Morgan fingerprint density at radius 1 is 1.29 bits per heavy atom. The predicted molar refractivity (Wildman–Crippen MR) is 95.4 cm³/mol. The summed E-state index contributed by atoms with van der Waals surface area (Å²) < 4.78 is 5.13. The van der Waals surface area contributed by atoms with E-state index in [0.717, 1.165) is 21.7 Å². The van der Waals surface area contributed by atoms with Crippen LogP contribution in [-0.2, 0) is 11.2 Å². The second kappa shape index (κ2) is 7.20. The molecule has 2 heterocycles. The van der Waals surface area contributed by atoms with E-state index in [4.69, 9.17) is 16.1 Å². The molecule has 0 radical (unpaired) electrons. The van der Waals surface area contributed by atoms with Crippen molar-refractivity contribution < 1.29 is 9.32 Å². The number of aromatic nitrogens is 1. The van der Waals surface area contributed by atoms with Crippen LogP contribution in [0.2, 0.25) is 5.02 Å². The van der Waals surface area contributed by atoms with Crippen molar-refractivity contribution in [3.63, 3.8) is 0 Å². The summed E-state index contributed by atoms with van der Waals surface area (Å²) in [6.07, 6.45) is 0.247. The maximum atomic E-state index is 12.6. The maximum absolute atomic E-state index is 12.6. The number of hydrogen-bond acceptors (Lipinski definition) is 4.